The van der Waals surface area contributed by atoms with Crippen LogP contribution in [0, 0.1) is 6.92 Å². The minimum Gasteiger partial charge on any atom is -0.345 e. The molecular weight excluding hydrogens is 258 g/mol. The first-order chi connectivity index (χ1) is 8.58. The largest absolute Gasteiger partial charge is 0.345 e. The molecule has 3 N–H and O–H groups in total. The lowest BCUT2D eigenvalue weighted by molar-refractivity contribution is -0.139. The second-order valence-corrected chi connectivity index (χ2v) is 4.60. The van der Waals surface area contributed by atoms with Gasteiger partial charge in [0.15, 0.2) is 0 Å². The molecule has 0 aliphatic heterocycles. The van der Waals surface area contributed by atoms with E-state index in [4.69, 9.17) is 0 Å². The zero-order valence-electron chi connectivity index (χ0n) is 9.52. The van der Waals surface area contributed by atoms with Crippen molar-refractivity contribution in [2.75, 3.05) is 0 Å². The summed E-state index contributed by atoms with van der Waals surface area (Å²) in [4.78, 5) is 34.4. The van der Waals surface area contributed by atoms with Crippen molar-refractivity contribution in [2.45, 2.75) is 25.8 Å². The number of hydrazine groups is 1. The highest BCUT2D eigenvalue weighted by molar-refractivity contribution is 7.08. The predicted octanol–water partition coefficient (Wildman–Crippen LogP) is -1.11. The third kappa shape index (κ3) is 3.00. The van der Waals surface area contributed by atoms with E-state index in [1.165, 1.54) is 0 Å². The molecule has 0 atom stereocenters. The molecule has 1 aliphatic rings. The smallest absolute Gasteiger partial charge is 0.327 e. The second kappa shape index (κ2) is 5.08. The fourth-order valence-corrected chi connectivity index (χ4v) is 1.70. The summed E-state index contributed by atoms with van der Waals surface area (Å²) in [6, 6.07) is 0.0897. The summed E-state index contributed by atoms with van der Waals surface area (Å²) in [6.07, 6.45) is 1.77. The quantitative estimate of drug-likeness (QED) is 0.465. The van der Waals surface area contributed by atoms with Gasteiger partial charge in [-0.2, -0.15) is 0 Å². The first-order valence-corrected chi connectivity index (χ1v) is 6.05. The molecule has 0 saturated heterocycles. The SMILES string of the molecule is Cc1nnsc1C(=O)NNC(=O)C(=O)NC1CC1. The summed E-state index contributed by atoms with van der Waals surface area (Å²) < 4.78 is 3.59. The van der Waals surface area contributed by atoms with E-state index in [9.17, 15) is 14.4 Å². The van der Waals surface area contributed by atoms with Gasteiger partial charge in [0.1, 0.15) is 4.88 Å². The van der Waals surface area contributed by atoms with Crippen LogP contribution in [0.1, 0.15) is 28.2 Å². The standard InChI is InChI=1S/C9H11N5O3S/c1-4-6(18-14-11-4)7(15)12-13-9(17)8(16)10-5-2-3-5/h5H,2-3H2,1H3,(H,10,16)(H,12,15)(H,13,17). The van der Waals surface area contributed by atoms with Gasteiger partial charge < -0.3 is 5.32 Å². The average molecular weight is 269 g/mol. The van der Waals surface area contributed by atoms with Gasteiger partial charge in [-0.05, 0) is 31.3 Å². The van der Waals surface area contributed by atoms with Crippen LogP contribution in [-0.4, -0.2) is 33.4 Å². The van der Waals surface area contributed by atoms with Gasteiger partial charge in [-0.1, -0.05) is 4.49 Å². The third-order valence-corrected chi connectivity index (χ3v) is 3.09. The van der Waals surface area contributed by atoms with Crippen molar-refractivity contribution in [1.29, 1.82) is 0 Å². The van der Waals surface area contributed by atoms with Crippen LogP contribution in [0.4, 0.5) is 0 Å². The molecule has 1 aromatic rings. The normalized spacial score (nSPS) is 13.8. The Morgan fingerprint density at radius 3 is 2.50 bits per heavy atom. The average Bonchev–Trinajstić information content (AvgIpc) is 3.05. The highest BCUT2D eigenvalue weighted by atomic mass is 32.1. The molecule has 1 fully saturated rings. The molecule has 9 heteroatoms. The number of hydrogen-bond acceptors (Lipinski definition) is 6. The molecule has 3 amide bonds. The van der Waals surface area contributed by atoms with E-state index in [0.29, 0.717) is 5.69 Å². The van der Waals surface area contributed by atoms with Crippen LogP contribution in [0.15, 0.2) is 0 Å². The Labute approximate surface area is 106 Å². The molecule has 96 valence electrons. The number of rotatable bonds is 2. The van der Waals surface area contributed by atoms with E-state index < -0.39 is 17.7 Å². The van der Waals surface area contributed by atoms with E-state index in [0.717, 1.165) is 24.4 Å². The third-order valence-electron chi connectivity index (χ3n) is 2.27. The lowest BCUT2D eigenvalue weighted by atomic mass is 10.4. The summed E-state index contributed by atoms with van der Waals surface area (Å²) in [5.41, 5.74) is 4.63. The molecule has 0 spiro atoms. The van der Waals surface area contributed by atoms with E-state index in [-0.39, 0.29) is 10.9 Å². The van der Waals surface area contributed by atoms with Crippen LogP contribution < -0.4 is 16.2 Å². The Morgan fingerprint density at radius 2 is 1.94 bits per heavy atom. The molecule has 0 bridgehead atoms. The van der Waals surface area contributed by atoms with E-state index >= 15 is 0 Å². The van der Waals surface area contributed by atoms with Gasteiger partial charge in [0.25, 0.3) is 5.91 Å². The van der Waals surface area contributed by atoms with Crippen molar-refractivity contribution >= 4 is 29.3 Å². The van der Waals surface area contributed by atoms with Crippen LogP contribution in [-0.2, 0) is 9.59 Å². The van der Waals surface area contributed by atoms with E-state index in [1.807, 2.05) is 5.43 Å². The topological polar surface area (TPSA) is 113 Å². The van der Waals surface area contributed by atoms with Crippen LogP contribution in [0.25, 0.3) is 0 Å². The maximum Gasteiger partial charge on any atom is 0.327 e. The lowest BCUT2D eigenvalue weighted by Gasteiger charge is -2.06. The Balaban J connectivity index is 1.80. The Kier molecular flexibility index (Phi) is 3.51. The predicted molar refractivity (Wildman–Crippen MR) is 61.4 cm³/mol. The Hall–Kier alpha value is -2.03. The minimum atomic E-state index is -0.898. The molecule has 1 heterocycles. The summed E-state index contributed by atoms with van der Waals surface area (Å²) in [6.45, 7) is 1.63. The number of aromatic nitrogens is 2. The zero-order valence-corrected chi connectivity index (χ0v) is 10.3. The van der Waals surface area contributed by atoms with Gasteiger partial charge in [0.05, 0.1) is 5.69 Å². The number of carbonyl (C=O) groups excluding carboxylic acids is 3. The molecule has 0 radical (unpaired) electrons. The van der Waals surface area contributed by atoms with Crippen molar-refractivity contribution < 1.29 is 14.4 Å². The van der Waals surface area contributed by atoms with Crippen molar-refractivity contribution in [3.8, 4) is 0 Å². The van der Waals surface area contributed by atoms with Gasteiger partial charge >= 0.3 is 11.8 Å². The number of amides is 3. The molecule has 1 saturated carbocycles. The summed E-state index contributed by atoms with van der Waals surface area (Å²) >= 11 is 0.913. The number of nitrogens with one attached hydrogen (secondary N) is 3. The number of aryl methyl sites for hydroxylation is 1. The summed E-state index contributed by atoms with van der Waals surface area (Å²) in [5, 5.41) is 6.16. The minimum absolute atomic E-state index is 0.0897. The fraction of sp³-hybridized carbons (Fsp3) is 0.444. The first-order valence-electron chi connectivity index (χ1n) is 5.28. The number of hydrogen-bond donors (Lipinski definition) is 3. The monoisotopic (exact) mass is 269 g/mol. The summed E-state index contributed by atoms with van der Waals surface area (Å²) in [7, 11) is 0. The van der Waals surface area contributed by atoms with E-state index in [2.05, 4.69) is 20.3 Å². The lowest BCUT2D eigenvalue weighted by Crippen LogP contribution is -2.48. The molecule has 1 aromatic heterocycles. The number of nitrogens with zero attached hydrogens (tertiary/aromatic N) is 2. The Morgan fingerprint density at radius 1 is 1.22 bits per heavy atom. The summed E-state index contributed by atoms with van der Waals surface area (Å²) in [5.74, 6) is -2.20. The number of carbonyl (C=O) groups is 3. The maximum atomic E-state index is 11.6. The van der Waals surface area contributed by atoms with Crippen molar-refractivity contribution in [3.63, 3.8) is 0 Å². The zero-order chi connectivity index (χ0) is 13.1. The highest BCUT2D eigenvalue weighted by Crippen LogP contribution is 2.18. The first kappa shape index (κ1) is 12.4. The van der Waals surface area contributed by atoms with Crippen LogP contribution in [0.3, 0.4) is 0 Å². The van der Waals surface area contributed by atoms with Crippen LogP contribution in [0.2, 0.25) is 0 Å². The van der Waals surface area contributed by atoms with Crippen molar-refractivity contribution in [3.05, 3.63) is 10.6 Å². The molecular formula is C9H11N5O3S. The fourth-order valence-electron chi connectivity index (χ4n) is 1.15. The van der Waals surface area contributed by atoms with Crippen LogP contribution in [0.5, 0.6) is 0 Å². The van der Waals surface area contributed by atoms with Gasteiger partial charge in [-0.25, -0.2) is 0 Å². The van der Waals surface area contributed by atoms with Gasteiger partial charge in [0.2, 0.25) is 0 Å². The molecule has 18 heavy (non-hydrogen) atoms. The highest BCUT2D eigenvalue weighted by Gasteiger charge is 2.26. The van der Waals surface area contributed by atoms with Gasteiger partial charge in [0, 0.05) is 6.04 Å². The van der Waals surface area contributed by atoms with Crippen molar-refractivity contribution in [2.24, 2.45) is 0 Å². The van der Waals surface area contributed by atoms with Crippen molar-refractivity contribution in [1.82, 2.24) is 25.8 Å². The molecule has 0 unspecified atom stereocenters. The molecule has 0 aromatic carbocycles. The van der Waals surface area contributed by atoms with E-state index in [1.54, 1.807) is 6.92 Å². The molecule has 1 aliphatic carbocycles. The molecule has 2 rings (SSSR count). The van der Waals surface area contributed by atoms with Crippen LogP contribution >= 0.6 is 11.5 Å². The van der Waals surface area contributed by atoms with Gasteiger partial charge in [-0.15, -0.1) is 5.10 Å². The second-order valence-electron chi connectivity index (χ2n) is 3.84. The van der Waals surface area contributed by atoms with Gasteiger partial charge in [-0.3, -0.25) is 25.2 Å². The Bertz CT molecular complexity index is 496. The maximum absolute atomic E-state index is 11.6. The molecule has 8 nitrogen and oxygen atoms in total.